The highest BCUT2D eigenvalue weighted by molar-refractivity contribution is 7.99. The zero-order chi connectivity index (χ0) is 20.3. The van der Waals surface area contributed by atoms with Gasteiger partial charge in [-0.2, -0.15) is 0 Å². The second-order valence-electron chi connectivity index (χ2n) is 6.79. The maximum atomic E-state index is 14.2. The molecule has 0 fully saturated rings. The van der Waals surface area contributed by atoms with E-state index < -0.39 is 0 Å². The number of hydrogen-bond acceptors (Lipinski definition) is 6. The van der Waals surface area contributed by atoms with Crippen molar-refractivity contribution < 1.29 is 9.18 Å². The first-order valence-corrected chi connectivity index (χ1v) is 10.7. The highest BCUT2D eigenvalue weighted by atomic mass is 32.2. The molecular weight excluding hydrogens is 397 g/mol. The van der Waals surface area contributed by atoms with Gasteiger partial charge < -0.3 is 9.88 Å². The lowest BCUT2D eigenvalue weighted by Crippen LogP contribution is -2.15. The summed E-state index contributed by atoms with van der Waals surface area (Å²) in [6.45, 7) is 8.65. The van der Waals surface area contributed by atoms with E-state index in [9.17, 15) is 9.18 Å². The topological polar surface area (TPSA) is 72.7 Å². The Labute approximate surface area is 171 Å². The normalized spacial score (nSPS) is 11.2. The molecule has 2 heterocycles. The summed E-state index contributed by atoms with van der Waals surface area (Å²) in [4.78, 5) is 17.7. The van der Waals surface area contributed by atoms with Crippen molar-refractivity contribution >= 4 is 34.1 Å². The molecule has 0 aliphatic heterocycles. The zero-order valence-electron chi connectivity index (χ0n) is 16.2. The molecule has 0 unspecified atom stereocenters. The number of amides is 1. The molecule has 3 aromatic rings. The number of thioether (sulfide) groups is 1. The number of nitrogens with zero attached hydrogens (tertiary/aromatic N) is 4. The summed E-state index contributed by atoms with van der Waals surface area (Å²) in [6, 6.07) is 6.50. The van der Waals surface area contributed by atoms with Crippen LogP contribution in [0.2, 0.25) is 0 Å². The summed E-state index contributed by atoms with van der Waals surface area (Å²) in [5.74, 6) is 0.455. The van der Waals surface area contributed by atoms with E-state index in [4.69, 9.17) is 0 Å². The van der Waals surface area contributed by atoms with Crippen LogP contribution in [0.3, 0.4) is 0 Å². The van der Waals surface area contributed by atoms with Crippen molar-refractivity contribution in [3.63, 3.8) is 0 Å². The molecule has 28 heavy (non-hydrogen) atoms. The van der Waals surface area contributed by atoms with E-state index >= 15 is 0 Å². The minimum atomic E-state index is -0.344. The van der Waals surface area contributed by atoms with Gasteiger partial charge in [-0.15, -0.1) is 21.5 Å². The monoisotopic (exact) mass is 419 g/mol. The second kappa shape index (κ2) is 8.83. The Morgan fingerprint density at radius 2 is 2.04 bits per heavy atom. The predicted octanol–water partition coefficient (Wildman–Crippen LogP) is 4.54. The zero-order valence-corrected chi connectivity index (χ0v) is 17.8. The molecule has 0 atom stereocenters. The third-order valence-corrected chi connectivity index (χ3v) is 5.94. The average Bonchev–Trinajstić information content (AvgIpc) is 3.16. The first kappa shape index (κ1) is 20.5. The Balaban J connectivity index is 1.76. The first-order valence-electron chi connectivity index (χ1n) is 8.90. The van der Waals surface area contributed by atoms with Crippen molar-refractivity contribution in [2.24, 2.45) is 5.92 Å². The number of thiazole rings is 1. The van der Waals surface area contributed by atoms with Crippen molar-refractivity contribution in [2.75, 3.05) is 11.1 Å². The van der Waals surface area contributed by atoms with Gasteiger partial charge in [0.1, 0.15) is 5.82 Å². The molecule has 0 saturated carbocycles. The molecule has 2 aromatic heterocycles. The number of carbonyl (C=O) groups is 1. The van der Waals surface area contributed by atoms with E-state index in [-0.39, 0.29) is 17.5 Å². The molecule has 6 nitrogen and oxygen atoms in total. The number of anilines is 1. The van der Waals surface area contributed by atoms with Crippen LogP contribution < -0.4 is 5.32 Å². The summed E-state index contributed by atoms with van der Waals surface area (Å²) in [7, 11) is 0. The van der Waals surface area contributed by atoms with Crippen molar-refractivity contribution in [2.45, 2.75) is 39.4 Å². The molecule has 3 rings (SSSR count). The van der Waals surface area contributed by atoms with Gasteiger partial charge in [0.15, 0.2) is 16.1 Å². The molecule has 1 aromatic carbocycles. The summed E-state index contributed by atoms with van der Waals surface area (Å²) >= 11 is 2.73. The minimum Gasteiger partial charge on any atom is -0.302 e. The average molecular weight is 420 g/mol. The number of aromatic nitrogens is 4. The van der Waals surface area contributed by atoms with Crippen molar-refractivity contribution in [1.82, 2.24) is 19.7 Å². The lowest BCUT2D eigenvalue weighted by atomic mass is 10.2. The van der Waals surface area contributed by atoms with Gasteiger partial charge in [0.25, 0.3) is 0 Å². The highest BCUT2D eigenvalue weighted by Gasteiger charge is 2.19. The van der Waals surface area contributed by atoms with Gasteiger partial charge in [0, 0.05) is 11.4 Å². The maximum absolute atomic E-state index is 14.2. The largest absolute Gasteiger partial charge is 0.302 e. The number of hydrogen-bond donors (Lipinski definition) is 1. The smallest absolute Gasteiger partial charge is 0.236 e. The summed E-state index contributed by atoms with van der Waals surface area (Å²) < 4.78 is 16.1. The molecule has 0 saturated heterocycles. The van der Waals surface area contributed by atoms with Crippen LogP contribution in [0.5, 0.6) is 0 Å². The standard InChI is InChI=1S/C19H22FN5OS2/c1-11(2)9-25-17(14-7-5-6-8-15(14)20)23-24-19(25)27-10-16(26)22-18-21-12(3)13(4)28-18/h5-8,11H,9-10H2,1-4H3,(H,21,22,26). The number of benzene rings is 1. The van der Waals surface area contributed by atoms with Crippen LogP contribution in [0.4, 0.5) is 9.52 Å². The van der Waals surface area contributed by atoms with Crippen LogP contribution in [-0.2, 0) is 11.3 Å². The molecule has 0 radical (unpaired) electrons. The fourth-order valence-electron chi connectivity index (χ4n) is 2.58. The SMILES string of the molecule is Cc1nc(NC(=O)CSc2nnc(-c3ccccc3F)n2CC(C)C)sc1C. The lowest BCUT2D eigenvalue weighted by molar-refractivity contribution is -0.113. The van der Waals surface area contributed by atoms with Gasteiger partial charge in [0.05, 0.1) is 17.0 Å². The molecule has 0 spiro atoms. The third kappa shape index (κ3) is 4.77. The Kier molecular flexibility index (Phi) is 6.46. The molecule has 0 aliphatic carbocycles. The first-order chi connectivity index (χ1) is 13.3. The molecule has 0 aliphatic rings. The van der Waals surface area contributed by atoms with E-state index in [1.807, 2.05) is 18.4 Å². The minimum absolute atomic E-state index is 0.162. The van der Waals surface area contributed by atoms with Crippen LogP contribution in [0.25, 0.3) is 11.4 Å². The van der Waals surface area contributed by atoms with Gasteiger partial charge in [0.2, 0.25) is 5.91 Å². The fraction of sp³-hybridized carbons (Fsp3) is 0.368. The van der Waals surface area contributed by atoms with Crippen LogP contribution in [0.1, 0.15) is 24.4 Å². The van der Waals surface area contributed by atoms with E-state index in [0.717, 1.165) is 10.6 Å². The van der Waals surface area contributed by atoms with Crippen molar-refractivity contribution in [3.05, 3.63) is 40.7 Å². The molecule has 148 valence electrons. The van der Waals surface area contributed by atoms with E-state index in [1.165, 1.54) is 29.2 Å². The van der Waals surface area contributed by atoms with Crippen molar-refractivity contribution in [1.29, 1.82) is 0 Å². The van der Waals surface area contributed by atoms with Gasteiger partial charge in [-0.05, 0) is 31.9 Å². The predicted molar refractivity (Wildman–Crippen MR) is 111 cm³/mol. The Morgan fingerprint density at radius 1 is 1.29 bits per heavy atom. The van der Waals surface area contributed by atoms with E-state index in [1.54, 1.807) is 18.2 Å². The number of carbonyl (C=O) groups excluding carboxylic acids is 1. The summed E-state index contributed by atoms with van der Waals surface area (Å²) in [5, 5.41) is 12.4. The molecule has 1 amide bonds. The van der Waals surface area contributed by atoms with Crippen LogP contribution in [0, 0.1) is 25.6 Å². The maximum Gasteiger partial charge on any atom is 0.236 e. The van der Waals surface area contributed by atoms with Crippen LogP contribution in [-0.4, -0.2) is 31.4 Å². The molecule has 9 heteroatoms. The number of aryl methyl sites for hydroxylation is 2. The summed E-state index contributed by atoms with van der Waals surface area (Å²) in [5.41, 5.74) is 1.32. The van der Waals surface area contributed by atoms with E-state index in [2.05, 4.69) is 34.3 Å². The van der Waals surface area contributed by atoms with Gasteiger partial charge in [-0.1, -0.05) is 37.7 Å². The molecule has 0 bridgehead atoms. The van der Waals surface area contributed by atoms with Crippen LogP contribution >= 0.6 is 23.1 Å². The number of halogens is 1. The van der Waals surface area contributed by atoms with Crippen LogP contribution in [0.15, 0.2) is 29.4 Å². The lowest BCUT2D eigenvalue weighted by Gasteiger charge is -2.12. The second-order valence-corrected chi connectivity index (χ2v) is 8.93. The third-order valence-electron chi connectivity index (χ3n) is 3.99. The molecule has 1 N–H and O–H groups in total. The highest BCUT2D eigenvalue weighted by Crippen LogP contribution is 2.27. The molecular formula is C19H22FN5OS2. The Hall–Kier alpha value is -2.26. The summed E-state index contributed by atoms with van der Waals surface area (Å²) in [6.07, 6.45) is 0. The van der Waals surface area contributed by atoms with Gasteiger partial charge in [-0.3, -0.25) is 4.79 Å². The number of nitrogens with one attached hydrogen (secondary N) is 1. The Bertz CT molecular complexity index is 963. The van der Waals surface area contributed by atoms with E-state index in [0.29, 0.717) is 34.1 Å². The van der Waals surface area contributed by atoms with Crippen molar-refractivity contribution in [3.8, 4) is 11.4 Å². The van der Waals surface area contributed by atoms with Gasteiger partial charge in [-0.25, -0.2) is 9.37 Å². The van der Waals surface area contributed by atoms with Gasteiger partial charge >= 0.3 is 0 Å². The quantitative estimate of drug-likeness (QED) is 0.569. The fourth-order valence-corrected chi connectivity index (χ4v) is 4.16. The Morgan fingerprint density at radius 3 is 2.68 bits per heavy atom. The number of rotatable bonds is 7.